The highest BCUT2D eigenvalue weighted by molar-refractivity contribution is 6.06. The van der Waals surface area contributed by atoms with E-state index in [1.165, 1.54) is 43.5 Å². The van der Waals surface area contributed by atoms with E-state index >= 15 is 0 Å². The van der Waals surface area contributed by atoms with Crippen LogP contribution in [0.4, 0.5) is 15.8 Å². The number of hydrogen-bond acceptors (Lipinski definition) is 3. The molecule has 4 rings (SSSR count). The fourth-order valence-corrected chi connectivity index (χ4v) is 4.08. The third-order valence-electron chi connectivity index (χ3n) is 5.69. The van der Waals surface area contributed by atoms with Crippen molar-refractivity contribution in [3.8, 4) is 5.69 Å². The highest BCUT2D eigenvalue weighted by atomic mass is 19.1. The van der Waals surface area contributed by atoms with E-state index in [2.05, 4.69) is 27.4 Å². The lowest BCUT2D eigenvalue weighted by molar-refractivity contribution is 0.102. The van der Waals surface area contributed by atoms with Crippen molar-refractivity contribution in [2.75, 3.05) is 23.3 Å². The van der Waals surface area contributed by atoms with Crippen molar-refractivity contribution in [1.82, 2.24) is 9.78 Å². The van der Waals surface area contributed by atoms with Crippen LogP contribution in [-0.2, 0) is 0 Å². The Morgan fingerprint density at radius 2 is 1.50 bits per heavy atom. The van der Waals surface area contributed by atoms with Gasteiger partial charge in [-0.25, -0.2) is 9.07 Å². The van der Waals surface area contributed by atoms with E-state index in [4.69, 9.17) is 0 Å². The van der Waals surface area contributed by atoms with Gasteiger partial charge in [0.2, 0.25) is 0 Å². The van der Waals surface area contributed by atoms with Crippen LogP contribution in [0.2, 0.25) is 0 Å². The van der Waals surface area contributed by atoms with Crippen molar-refractivity contribution in [2.45, 2.75) is 39.5 Å². The predicted octanol–water partition coefficient (Wildman–Crippen LogP) is 5.26. The lowest BCUT2D eigenvalue weighted by Gasteiger charge is -2.22. The number of hydrogen-bond donors (Lipinski definition) is 1. The second-order valence-electron chi connectivity index (χ2n) is 7.84. The van der Waals surface area contributed by atoms with Crippen LogP contribution in [0.3, 0.4) is 0 Å². The lowest BCUT2D eigenvalue weighted by Crippen LogP contribution is -2.23. The van der Waals surface area contributed by atoms with Gasteiger partial charge in [0.05, 0.1) is 22.6 Å². The Morgan fingerprint density at radius 3 is 2.13 bits per heavy atom. The number of aryl methyl sites for hydroxylation is 1. The fraction of sp³-hybridized carbons (Fsp3) is 0.333. The Balaban J connectivity index is 1.50. The summed E-state index contributed by atoms with van der Waals surface area (Å²) < 4.78 is 14.9. The molecule has 0 saturated carbocycles. The average Bonchev–Trinajstić information content (AvgIpc) is 2.90. The number of benzene rings is 2. The highest BCUT2D eigenvalue weighted by Gasteiger charge is 2.20. The van der Waals surface area contributed by atoms with Crippen molar-refractivity contribution in [1.29, 1.82) is 0 Å². The van der Waals surface area contributed by atoms with Gasteiger partial charge in [0.25, 0.3) is 5.91 Å². The average molecular weight is 407 g/mol. The summed E-state index contributed by atoms with van der Waals surface area (Å²) in [5.74, 6) is -0.497. The Hall–Kier alpha value is -3.15. The summed E-state index contributed by atoms with van der Waals surface area (Å²) >= 11 is 0. The smallest absolute Gasteiger partial charge is 0.259 e. The van der Waals surface area contributed by atoms with E-state index in [0.717, 1.165) is 30.2 Å². The first-order chi connectivity index (χ1) is 14.5. The van der Waals surface area contributed by atoms with Crippen LogP contribution in [0.25, 0.3) is 5.69 Å². The molecule has 1 saturated heterocycles. The van der Waals surface area contributed by atoms with Crippen LogP contribution in [0.1, 0.15) is 47.4 Å². The summed E-state index contributed by atoms with van der Waals surface area (Å²) in [6.07, 6.45) is 5.06. The van der Waals surface area contributed by atoms with Crippen molar-refractivity contribution >= 4 is 17.3 Å². The maximum absolute atomic E-state index is 13.2. The molecular weight excluding hydrogens is 379 g/mol. The molecule has 2 heterocycles. The summed E-state index contributed by atoms with van der Waals surface area (Å²) in [6, 6.07) is 14.1. The molecule has 0 radical (unpaired) electrons. The molecule has 5 nitrogen and oxygen atoms in total. The van der Waals surface area contributed by atoms with Gasteiger partial charge in [0.15, 0.2) is 0 Å². The van der Waals surface area contributed by atoms with Crippen LogP contribution < -0.4 is 10.2 Å². The van der Waals surface area contributed by atoms with Crippen molar-refractivity contribution in [3.63, 3.8) is 0 Å². The number of amides is 1. The first-order valence-electron chi connectivity index (χ1n) is 10.5. The number of halogens is 1. The van der Waals surface area contributed by atoms with E-state index < -0.39 is 0 Å². The zero-order valence-electron chi connectivity index (χ0n) is 17.5. The van der Waals surface area contributed by atoms with Gasteiger partial charge in [0.1, 0.15) is 5.82 Å². The number of carbonyl (C=O) groups is 1. The molecular formula is C24H27FN4O. The lowest BCUT2D eigenvalue weighted by atomic mass is 10.1. The molecule has 1 aliphatic heterocycles. The van der Waals surface area contributed by atoms with Crippen LogP contribution in [0.5, 0.6) is 0 Å². The predicted molar refractivity (Wildman–Crippen MR) is 118 cm³/mol. The SMILES string of the molecule is Cc1nn(-c2ccc(F)cc2)c(C)c1C(=O)Nc1ccc(N2CCCCCC2)cc1. The summed E-state index contributed by atoms with van der Waals surface area (Å²) in [4.78, 5) is 15.4. The maximum atomic E-state index is 13.2. The molecule has 1 fully saturated rings. The largest absolute Gasteiger partial charge is 0.372 e. The minimum absolute atomic E-state index is 0.194. The highest BCUT2D eigenvalue weighted by Crippen LogP contribution is 2.23. The minimum atomic E-state index is -0.304. The molecule has 0 bridgehead atoms. The van der Waals surface area contributed by atoms with E-state index in [-0.39, 0.29) is 11.7 Å². The number of rotatable bonds is 4. The van der Waals surface area contributed by atoms with Crippen molar-refractivity contribution in [3.05, 3.63) is 71.3 Å². The zero-order valence-corrected chi connectivity index (χ0v) is 17.5. The number of aromatic nitrogens is 2. The Kier molecular flexibility index (Phi) is 5.84. The minimum Gasteiger partial charge on any atom is -0.372 e. The Labute approximate surface area is 176 Å². The molecule has 0 spiro atoms. The third kappa shape index (κ3) is 4.22. The molecule has 0 aliphatic carbocycles. The van der Waals surface area contributed by atoms with Crippen LogP contribution >= 0.6 is 0 Å². The zero-order chi connectivity index (χ0) is 21.1. The molecule has 1 aliphatic rings. The summed E-state index contributed by atoms with van der Waals surface area (Å²) in [7, 11) is 0. The van der Waals surface area contributed by atoms with Crippen LogP contribution in [0, 0.1) is 19.7 Å². The quantitative estimate of drug-likeness (QED) is 0.643. The molecule has 1 amide bonds. The van der Waals surface area contributed by atoms with E-state index in [1.807, 2.05) is 26.0 Å². The van der Waals surface area contributed by atoms with Crippen molar-refractivity contribution < 1.29 is 9.18 Å². The van der Waals surface area contributed by atoms with E-state index in [0.29, 0.717) is 11.3 Å². The second kappa shape index (κ2) is 8.69. The normalized spacial score (nSPS) is 14.4. The number of nitrogens with one attached hydrogen (secondary N) is 1. The molecule has 2 aromatic carbocycles. The maximum Gasteiger partial charge on any atom is 0.259 e. The van der Waals surface area contributed by atoms with E-state index in [1.54, 1.807) is 16.8 Å². The van der Waals surface area contributed by atoms with Gasteiger partial charge < -0.3 is 10.2 Å². The second-order valence-corrected chi connectivity index (χ2v) is 7.84. The monoisotopic (exact) mass is 406 g/mol. The molecule has 0 atom stereocenters. The topological polar surface area (TPSA) is 50.2 Å². The molecule has 1 N–H and O–H groups in total. The summed E-state index contributed by atoms with van der Waals surface area (Å²) in [5, 5.41) is 7.47. The Morgan fingerprint density at radius 1 is 0.900 bits per heavy atom. The third-order valence-corrected chi connectivity index (χ3v) is 5.69. The standard InChI is InChI=1S/C24H27FN4O/c1-17-23(18(2)29(27-17)22-11-7-19(25)8-12-22)24(30)26-20-9-13-21(14-10-20)28-15-5-3-4-6-16-28/h7-14H,3-6,15-16H2,1-2H3,(H,26,30). The molecule has 6 heteroatoms. The van der Waals surface area contributed by atoms with Crippen LogP contribution in [-0.4, -0.2) is 28.8 Å². The van der Waals surface area contributed by atoms with Gasteiger partial charge in [0, 0.05) is 24.5 Å². The van der Waals surface area contributed by atoms with Crippen LogP contribution in [0.15, 0.2) is 48.5 Å². The van der Waals surface area contributed by atoms with E-state index in [9.17, 15) is 9.18 Å². The fourth-order valence-electron chi connectivity index (χ4n) is 4.08. The van der Waals surface area contributed by atoms with Gasteiger partial charge in [-0.05, 0) is 75.2 Å². The van der Waals surface area contributed by atoms with Crippen molar-refractivity contribution in [2.24, 2.45) is 0 Å². The summed E-state index contributed by atoms with van der Waals surface area (Å²) in [6.45, 7) is 5.84. The van der Waals surface area contributed by atoms with Gasteiger partial charge in [-0.1, -0.05) is 12.8 Å². The molecule has 1 aromatic heterocycles. The number of nitrogens with zero attached hydrogens (tertiary/aromatic N) is 3. The van der Waals surface area contributed by atoms with Gasteiger partial charge >= 0.3 is 0 Å². The Bertz CT molecular complexity index is 1020. The molecule has 30 heavy (non-hydrogen) atoms. The molecule has 3 aromatic rings. The molecule has 0 unspecified atom stereocenters. The van der Waals surface area contributed by atoms with Gasteiger partial charge in [-0.2, -0.15) is 5.10 Å². The first kappa shape index (κ1) is 20.1. The number of anilines is 2. The number of carbonyl (C=O) groups excluding carboxylic acids is 1. The van der Waals surface area contributed by atoms with Gasteiger partial charge in [-0.3, -0.25) is 4.79 Å². The molecule has 156 valence electrons. The first-order valence-corrected chi connectivity index (χ1v) is 10.5. The van der Waals surface area contributed by atoms with Gasteiger partial charge in [-0.15, -0.1) is 0 Å². The summed E-state index contributed by atoms with van der Waals surface area (Å²) in [5.41, 5.74) is 4.57.